The Labute approximate surface area is 200 Å². The fraction of sp³-hybridized carbons (Fsp3) is 0.0870. The molecule has 0 saturated heterocycles. The quantitative estimate of drug-likeness (QED) is 0.254. The van der Waals surface area contributed by atoms with Crippen molar-refractivity contribution < 1.29 is 39.3 Å². The summed E-state index contributed by atoms with van der Waals surface area (Å²) in [7, 11) is -4.49. The lowest BCUT2D eigenvalue weighted by Gasteiger charge is -2.12. The Hall–Kier alpha value is -3.84. The highest BCUT2D eigenvalue weighted by Crippen LogP contribution is 2.34. The van der Waals surface area contributed by atoms with Gasteiger partial charge in [0.25, 0.3) is 10.1 Å². The normalized spacial score (nSPS) is 12.5. The highest BCUT2D eigenvalue weighted by atomic mass is 32.2. The fourth-order valence-corrected chi connectivity index (χ4v) is 3.78. The first-order valence-corrected chi connectivity index (χ1v) is 11.3. The van der Waals surface area contributed by atoms with Gasteiger partial charge in [-0.3, -0.25) is 9.54 Å². The SMILES string of the molecule is O=S(=O)(O)c1cccc(-c2cccc(-c3nc(-c4ccc(C(F)(F)F)nc4)cc(C(F)(F)F)n3)c2)c1. The summed E-state index contributed by atoms with van der Waals surface area (Å²) in [5.74, 6) is -0.368. The Morgan fingerprint density at radius 2 is 1.28 bits per heavy atom. The fourth-order valence-electron chi connectivity index (χ4n) is 3.26. The first kappa shape index (κ1) is 25.3. The topological polar surface area (TPSA) is 93.0 Å². The van der Waals surface area contributed by atoms with Crippen molar-refractivity contribution in [1.29, 1.82) is 0 Å². The molecule has 4 rings (SSSR count). The molecule has 2 aromatic carbocycles. The Morgan fingerprint density at radius 1 is 0.667 bits per heavy atom. The van der Waals surface area contributed by atoms with Gasteiger partial charge in [0, 0.05) is 17.3 Å². The van der Waals surface area contributed by atoms with Crippen molar-refractivity contribution in [3.8, 4) is 33.8 Å². The molecule has 36 heavy (non-hydrogen) atoms. The van der Waals surface area contributed by atoms with E-state index in [4.69, 9.17) is 0 Å². The number of pyridine rings is 1. The van der Waals surface area contributed by atoms with E-state index in [0.717, 1.165) is 12.3 Å². The summed E-state index contributed by atoms with van der Waals surface area (Å²) in [4.78, 5) is 10.6. The van der Waals surface area contributed by atoms with Crippen molar-refractivity contribution in [2.24, 2.45) is 0 Å². The Morgan fingerprint density at radius 3 is 1.86 bits per heavy atom. The van der Waals surface area contributed by atoms with Gasteiger partial charge in [-0.1, -0.05) is 30.3 Å². The van der Waals surface area contributed by atoms with Gasteiger partial charge in [-0.15, -0.1) is 0 Å². The molecule has 0 aliphatic rings. The smallest absolute Gasteiger partial charge is 0.282 e. The largest absolute Gasteiger partial charge is 0.433 e. The summed E-state index contributed by atoms with van der Waals surface area (Å²) >= 11 is 0. The first-order chi connectivity index (χ1) is 16.7. The molecule has 0 fully saturated rings. The molecule has 0 unspecified atom stereocenters. The number of aromatic nitrogens is 3. The Bertz CT molecular complexity index is 1540. The molecule has 4 aromatic rings. The van der Waals surface area contributed by atoms with Crippen molar-refractivity contribution in [3.63, 3.8) is 0 Å². The van der Waals surface area contributed by atoms with Crippen LogP contribution in [-0.2, 0) is 22.5 Å². The van der Waals surface area contributed by atoms with Gasteiger partial charge >= 0.3 is 12.4 Å². The van der Waals surface area contributed by atoms with E-state index in [1.807, 2.05) is 0 Å². The number of halogens is 6. The van der Waals surface area contributed by atoms with Crippen LogP contribution >= 0.6 is 0 Å². The third-order valence-corrected chi connectivity index (χ3v) is 5.80. The van der Waals surface area contributed by atoms with E-state index < -0.39 is 33.9 Å². The monoisotopic (exact) mass is 525 g/mol. The van der Waals surface area contributed by atoms with Gasteiger partial charge in [-0.2, -0.15) is 34.8 Å². The highest BCUT2D eigenvalue weighted by Gasteiger charge is 2.35. The molecule has 2 aromatic heterocycles. The molecule has 13 heteroatoms. The molecule has 0 aliphatic heterocycles. The lowest BCUT2D eigenvalue weighted by Crippen LogP contribution is -2.11. The van der Waals surface area contributed by atoms with E-state index in [-0.39, 0.29) is 27.5 Å². The number of benzene rings is 2. The maximum Gasteiger partial charge on any atom is 0.433 e. The van der Waals surface area contributed by atoms with E-state index in [9.17, 15) is 39.3 Å². The average Bonchev–Trinajstić information content (AvgIpc) is 2.82. The minimum atomic E-state index is -4.88. The molecule has 0 radical (unpaired) electrons. The van der Waals surface area contributed by atoms with Crippen LogP contribution in [-0.4, -0.2) is 27.9 Å². The minimum absolute atomic E-state index is 0.0887. The first-order valence-electron chi connectivity index (χ1n) is 9.90. The zero-order valence-electron chi connectivity index (χ0n) is 17.7. The summed E-state index contributed by atoms with van der Waals surface area (Å²) in [6.45, 7) is 0. The van der Waals surface area contributed by atoms with E-state index in [1.54, 1.807) is 6.07 Å². The molecule has 0 spiro atoms. The minimum Gasteiger partial charge on any atom is -0.282 e. The molecule has 1 N–H and O–H groups in total. The Balaban J connectivity index is 1.82. The van der Waals surface area contributed by atoms with Crippen LogP contribution in [0.15, 0.2) is 77.8 Å². The van der Waals surface area contributed by atoms with Gasteiger partial charge in [0.1, 0.15) is 11.4 Å². The van der Waals surface area contributed by atoms with Crippen LogP contribution in [0.2, 0.25) is 0 Å². The zero-order chi connectivity index (χ0) is 26.3. The Kier molecular flexibility index (Phi) is 6.31. The molecular formula is C23H13F6N3O3S. The molecule has 0 saturated carbocycles. The van der Waals surface area contributed by atoms with Gasteiger partial charge in [0.05, 0.1) is 10.6 Å². The van der Waals surface area contributed by atoms with Crippen LogP contribution in [0.5, 0.6) is 0 Å². The third-order valence-electron chi connectivity index (χ3n) is 4.95. The number of alkyl halides is 6. The second kappa shape index (κ2) is 8.99. The summed E-state index contributed by atoms with van der Waals surface area (Å²) in [6.07, 6.45) is -8.83. The molecule has 6 nitrogen and oxygen atoms in total. The molecule has 0 atom stereocenters. The molecular weight excluding hydrogens is 512 g/mol. The van der Waals surface area contributed by atoms with E-state index >= 15 is 0 Å². The summed E-state index contributed by atoms with van der Waals surface area (Å²) in [5.41, 5.74) is -2.07. The van der Waals surface area contributed by atoms with E-state index in [1.165, 1.54) is 42.5 Å². The predicted molar refractivity (Wildman–Crippen MR) is 116 cm³/mol. The van der Waals surface area contributed by atoms with Crippen molar-refractivity contribution in [2.45, 2.75) is 17.2 Å². The van der Waals surface area contributed by atoms with Crippen LogP contribution < -0.4 is 0 Å². The second-order valence-corrected chi connectivity index (χ2v) is 8.89. The van der Waals surface area contributed by atoms with Crippen molar-refractivity contribution in [1.82, 2.24) is 15.0 Å². The number of rotatable bonds is 4. The van der Waals surface area contributed by atoms with E-state index in [0.29, 0.717) is 23.3 Å². The maximum atomic E-state index is 13.6. The molecule has 0 amide bonds. The van der Waals surface area contributed by atoms with Gasteiger partial charge in [0.15, 0.2) is 5.82 Å². The molecule has 0 bridgehead atoms. The van der Waals surface area contributed by atoms with Crippen molar-refractivity contribution >= 4 is 10.1 Å². The summed E-state index contributed by atoms with van der Waals surface area (Å²) in [6, 6.07) is 13.3. The van der Waals surface area contributed by atoms with Crippen LogP contribution in [0.25, 0.3) is 33.8 Å². The maximum absolute atomic E-state index is 13.6. The van der Waals surface area contributed by atoms with Crippen molar-refractivity contribution in [3.05, 3.63) is 84.3 Å². The lowest BCUT2D eigenvalue weighted by atomic mass is 10.0. The molecule has 2 heterocycles. The summed E-state index contributed by atoms with van der Waals surface area (Å²) in [5, 5.41) is 0. The molecule has 186 valence electrons. The number of hydrogen-bond acceptors (Lipinski definition) is 5. The third kappa shape index (κ3) is 5.52. The average molecular weight is 525 g/mol. The van der Waals surface area contributed by atoms with Gasteiger partial charge in [-0.05, 0) is 47.5 Å². The van der Waals surface area contributed by atoms with Gasteiger partial charge in [-0.25, -0.2) is 9.97 Å². The van der Waals surface area contributed by atoms with Crippen LogP contribution in [0.4, 0.5) is 26.3 Å². The highest BCUT2D eigenvalue weighted by molar-refractivity contribution is 7.85. The lowest BCUT2D eigenvalue weighted by molar-refractivity contribution is -0.141. The zero-order valence-corrected chi connectivity index (χ0v) is 18.5. The number of hydrogen-bond donors (Lipinski definition) is 1. The van der Waals surface area contributed by atoms with Crippen molar-refractivity contribution in [2.75, 3.05) is 0 Å². The van der Waals surface area contributed by atoms with Crippen LogP contribution in [0, 0.1) is 0 Å². The van der Waals surface area contributed by atoms with E-state index in [2.05, 4.69) is 15.0 Å². The standard InChI is InChI=1S/C23H13F6N3O3S/c24-22(25,26)19-8-7-16(12-30-19)18-11-20(23(27,28)29)32-21(31-18)15-5-1-3-13(9-15)14-4-2-6-17(10-14)36(33,34)35/h1-12H,(H,33,34,35). The van der Waals surface area contributed by atoms with Crippen LogP contribution in [0.1, 0.15) is 11.4 Å². The van der Waals surface area contributed by atoms with Gasteiger partial charge in [0.2, 0.25) is 0 Å². The second-order valence-electron chi connectivity index (χ2n) is 7.47. The molecule has 0 aliphatic carbocycles. The number of nitrogens with zero attached hydrogens (tertiary/aromatic N) is 3. The predicted octanol–water partition coefficient (Wildman–Crippen LogP) is 6.16. The van der Waals surface area contributed by atoms with Crippen LogP contribution in [0.3, 0.4) is 0 Å². The van der Waals surface area contributed by atoms with Gasteiger partial charge < -0.3 is 0 Å². The summed E-state index contributed by atoms with van der Waals surface area (Å²) < 4.78 is 111.